The van der Waals surface area contributed by atoms with Crippen molar-refractivity contribution in [3.8, 4) is 11.5 Å². The molecule has 4 atom stereocenters. The quantitative estimate of drug-likeness (QED) is 0.283. The van der Waals surface area contributed by atoms with Gasteiger partial charge in [-0.05, 0) is 99.8 Å². The number of hydrogen-bond donors (Lipinski definition) is 2. The summed E-state index contributed by atoms with van der Waals surface area (Å²) in [6, 6.07) is 15.7. The minimum absolute atomic E-state index is 0.00690. The first-order valence-electron chi connectivity index (χ1n) is 16.4. The van der Waals surface area contributed by atoms with E-state index in [1.807, 2.05) is 13.8 Å². The molecule has 4 rings (SSSR count). The number of likely N-dealkylation sites (N-methyl/N-ethyl adjacent to an activating group) is 1. The fourth-order valence-electron chi connectivity index (χ4n) is 5.56. The van der Waals surface area contributed by atoms with Crippen LogP contribution in [-0.2, 0) is 24.8 Å². The Hall–Kier alpha value is -3.40. The standard InChI is InChI=1S/C35H46ClN3O9S2/c1-24-21-39(25(2)23-40)35(41)32-20-28(37-49(42,43)30-14-9-27(36)10-15-30)11-18-33(32)48-26(3)8-6-7-19-47-34(24)22-38(4)50(44,45)31-16-12-29(46-5)13-17-31/h9-18,20,24-26,34,37,40H,6-8,19,21-23H2,1-5H3/t24-,25-,26+,34+/m1/s1. The number of sulfonamides is 2. The van der Waals surface area contributed by atoms with Crippen molar-refractivity contribution in [3.63, 3.8) is 0 Å². The Morgan fingerprint density at radius 1 is 1.02 bits per heavy atom. The van der Waals surface area contributed by atoms with Crippen LogP contribution in [0.4, 0.5) is 5.69 Å². The van der Waals surface area contributed by atoms with Crippen molar-refractivity contribution in [2.75, 3.05) is 45.2 Å². The Balaban J connectivity index is 1.66. The number of carbonyl (C=O) groups excluding carboxylic acids is 1. The summed E-state index contributed by atoms with van der Waals surface area (Å²) in [6.07, 6.45) is 1.19. The van der Waals surface area contributed by atoms with Gasteiger partial charge in [0.25, 0.3) is 15.9 Å². The highest BCUT2D eigenvalue weighted by molar-refractivity contribution is 7.92. The molecule has 0 spiro atoms. The van der Waals surface area contributed by atoms with Gasteiger partial charge in [0.05, 0.1) is 47.3 Å². The third kappa shape index (κ3) is 9.89. The molecule has 0 saturated carbocycles. The van der Waals surface area contributed by atoms with E-state index >= 15 is 0 Å². The lowest BCUT2D eigenvalue weighted by atomic mass is 10.0. The fourth-order valence-corrected chi connectivity index (χ4v) is 7.91. The zero-order chi connectivity index (χ0) is 36.6. The van der Waals surface area contributed by atoms with Crippen LogP contribution in [-0.4, -0.2) is 95.8 Å². The molecule has 0 saturated heterocycles. The van der Waals surface area contributed by atoms with Crippen molar-refractivity contribution in [1.29, 1.82) is 0 Å². The summed E-state index contributed by atoms with van der Waals surface area (Å²) in [7, 11) is -4.92. The molecular formula is C35H46ClN3O9S2. The third-order valence-electron chi connectivity index (χ3n) is 8.63. The van der Waals surface area contributed by atoms with Crippen LogP contribution in [0.15, 0.2) is 76.5 Å². The molecule has 1 amide bonds. The highest BCUT2D eigenvalue weighted by Gasteiger charge is 2.32. The van der Waals surface area contributed by atoms with Gasteiger partial charge in [0.1, 0.15) is 11.5 Å². The van der Waals surface area contributed by atoms with Crippen molar-refractivity contribution < 1.29 is 40.9 Å². The van der Waals surface area contributed by atoms with Gasteiger partial charge in [0, 0.05) is 43.4 Å². The number of hydrogen-bond acceptors (Lipinski definition) is 9. The lowest BCUT2D eigenvalue weighted by Crippen LogP contribution is -2.48. The van der Waals surface area contributed by atoms with Gasteiger partial charge in [-0.25, -0.2) is 16.8 Å². The molecule has 3 aromatic carbocycles. The third-order valence-corrected chi connectivity index (χ3v) is 12.1. The maximum Gasteiger partial charge on any atom is 0.261 e. The summed E-state index contributed by atoms with van der Waals surface area (Å²) in [4.78, 5) is 16.0. The molecule has 274 valence electrons. The molecule has 3 aromatic rings. The number of nitrogens with zero attached hydrogens (tertiary/aromatic N) is 2. The van der Waals surface area contributed by atoms with Crippen molar-refractivity contribution in [1.82, 2.24) is 9.21 Å². The Labute approximate surface area is 300 Å². The highest BCUT2D eigenvalue weighted by atomic mass is 35.5. The molecule has 50 heavy (non-hydrogen) atoms. The number of carbonyl (C=O) groups is 1. The molecule has 0 unspecified atom stereocenters. The zero-order valence-electron chi connectivity index (χ0n) is 28.9. The molecule has 1 aliphatic heterocycles. The number of benzene rings is 3. The Morgan fingerprint density at radius 2 is 1.68 bits per heavy atom. The van der Waals surface area contributed by atoms with Crippen molar-refractivity contribution in [3.05, 3.63) is 77.3 Å². The van der Waals surface area contributed by atoms with E-state index in [9.17, 15) is 26.7 Å². The molecule has 12 nitrogen and oxygen atoms in total. The summed E-state index contributed by atoms with van der Waals surface area (Å²) >= 11 is 5.94. The summed E-state index contributed by atoms with van der Waals surface area (Å²) in [5.41, 5.74) is 0.245. The lowest BCUT2D eigenvalue weighted by molar-refractivity contribution is -0.00833. The van der Waals surface area contributed by atoms with Crippen LogP contribution in [0.3, 0.4) is 0 Å². The van der Waals surface area contributed by atoms with Crippen LogP contribution in [0, 0.1) is 5.92 Å². The van der Waals surface area contributed by atoms with Gasteiger partial charge >= 0.3 is 0 Å². The first kappa shape index (κ1) is 39.4. The number of fused-ring (bicyclic) bond motifs is 1. The predicted molar refractivity (Wildman–Crippen MR) is 192 cm³/mol. The Bertz CT molecular complexity index is 1810. The minimum Gasteiger partial charge on any atom is -0.497 e. The maximum atomic E-state index is 14.4. The molecule has 0 radical (unpaired) electrons. The molecule has 1 heterocycles. The average Bonchev–Trinajstić information content (AvgIpc) is 3.09. The Morgan fingerprint density at radius 3 is 2.32 bits per heavy atom. The highest BCUT2D eigenvalue weighted by Crippen LogP contribution is 2.30. The van der Waals surface area contributed by atoms with E-state index in [1.165, 1.54) is 71.9 Å². The second kappa shape index (κ2) is 17.2. The number of aliphatic hydroxyl groups excluding tert-OH is 1. The van der Waals surface area contributed by atoms with E-state index < -0.39 is 38.1 Å². The van der Waals surface area contributed by atoms with Crippen LogP contribution in [0.1, 0.15) is 50.4 Å². The number of amides is 1. The van der Waals surface area contributed by atoms with Gasteiger partial charge < -0.3 is 24.2 Å². The molecule has 2 N–H and O–H groups in total. The van der Waals surface area contributed by atoms with E-state index in [2.05, 4.69) is 4.72 Å². The van der Waals surface area contributed by atoms with Gasteiger partial charge in [0.2, 0.25) is 10.0 Å². The van der Waals surface area contributed by atoms with E-state index in [4.69, 9.17) is 25.8 Å². The van der Waals surface area contributed by atoms with Crippen LogP contribution < -0.4 is 14.2 Å². The number of anilines is 1. The summed E-state index contributed by atoms with van der Waals surface area (Å²) < 4.78 is 74.9. The van der Waals surface area contributed by atoms with Crippen molar-refractivity contribution in [2.24, 2.45) is 5.92 Å². The van der Waals surface area contributed by atoms with Gasteiger partial charge in [-0.3, -0.25) is 9.52 Å². The molecule has 0 fully saturated rings. The number of methoxy groups -OCH3 is 1. The van der Waals surface area contributed by atoms with Crippen LogP contribution in [0.2, 0.25) is 5.02 Å². The van der Waals surface area contributed by atoms with Gasteiger partial charge in [0.15, 0.2) is 0 Å². The number of aliphatic hydroxyl groups is 1. The van der Waals surface area contributed by atoms with E-state index in [-0.39, 0.29) is 58.5 Å². The van der Waals surface area contributed by atoms with Crippen LogP contribution in [0.25, 0.3) is 0 Å². The van der Waals surface area contributed by atoms with Crippen molar-refractivity contribution >= 4 is 43.2 Å². The van der Waals surface area contributed by atoms with E-state index in [0.717, 1.165) is 6.42 Å². The number of halogens is 1. The fraction of sp³-hybridized carbons (Fsp3) is 0.457. The normalized spacial score (nSPS) is 20.4. The second-order valence-electron chi connectivity index (χ2n) is 12.5. The second-order valence-corrected chi connectivity index (χ2v) is 16.7. The first-order chi connectivity index (χ1) is 23.7. The largest absolute Gasteiger partial charge is 0.497 e. The lowest BCUT2D eigenvalue weighted by Gasteiger charge is -2.35. The Kier molecular flexibility index (Phi) is 13.6. The minimum atomic E-state index is -4.02. The van der Waals surface area contributed by atoms with Gasteiger partial charge in [-0.2, -0.15) is 4.31 Å². The predicted octanol–water partition coefficient (Wildman–Crippen LogP) is 5.27. The van der Waals surface area contributed by atoms with Crippen LogP contribution in [0.5, 0.6) is 11.5 Å². The summed E-state index contributed by atoms with van der Waals surface area (Å²) in [6.45, 7) is 5.57. The average molecular weight is 752 g/mol. The number of rotatable bonds is 10. The topological polar surface area (TPSA) is 152 Å². The molecule has 0 aliphatic carbocycles. The summed E-state index contributed by atoms with van der Waals surface area (Å²) in [5, 5.41) is 10.6. The van der Waals surface area contributed by atoms with Gasteiger partial charge in [-0.1, -0.05) is 18.5 Å². The molecule has 0 bridgehead atoms. The van der Waals surface area contributed by atoms with Crippen LogP contribution >= 0.6 is 11.6 Å². The number of ether oxygens (including phenoxy) is 3. The molecule has 0 aromatic heterocycles. The van der Waals surface area contributed by atoms with Crippen molar-refractivity contribution in [2.45, 2.75) is 68.1 Å². The summed E-state index contributed by atoms with van der Waals surface area (Å²) in [5.74, 6) is -0.0814. The maximum absolute atomic E-state index is 14.4. The van der Waals surface area contributed by atoms with Gasteiger partial charge in [-0.15, -0.1) is 0 Å². The number of nitrogens with one attached hydrogen (secondary N) is 1. The SMILES string of the molecule is COc1ccc(S(=O)(=O)N(C)C[C@@H]2OCCCC[C@H](C)Oc3ccc(NS(=O)(=O)c4ccc(Cl)cc4)cc3C(=O)N([C@H](C)CO)C[C@H]2C)cc1. The zero-order valence-corrected chi connectivity index (χ0v) is 31.3. The molecule has 1 aliphatic rings. The molecular weight excluding hydrogens is 706 g/mol. The monoisotopic (exact) mass is 751 g/mol. The van der Waals surface area contributed by atoms with E-state index in [0.29, 0.717) is 30.2 Å². The van der Waals surface area contributed by atoms with E-state index in [1.54, 1.807) is 25.1 Å². The smallest absolute Gasteiger partial charge is 0.261 e. The molecule has 15 heteroatoms. The first-order valence-corrected chi connectivity index (χ1v) is 19.7.